The summed E-state index contributed by atoms with van der Waals surface area (Å²) in [6, 6.07) is 21.0. The molecular weight excluding hydrogens is 342 g/mol. The first-order chi connectivity index (χ1) is 13.1. The highest BCUT2D eigenvalue weighted by molar-refractivity contribution is 6.21. The standard InChI is InChI=1S/C22H15NO4/c1-14-10-12-15(13-11-14)16-6-2-5-9-19(16)22(26)27-23-20(24)17-7-3-4-8-18(17)21(23)25/h2-13H,1H3. The third-order valence-electron chi connectivity index (χ3n) is 4.44. The Morgan fingerprint density at radius 2 is 1.26 bits per heavy atom. The molecule has 1 heterocycles. The maximum atomic E-state index is 12.7. The number of benzene rings is 3. The van der Waals surface area contributed by atoms with Crippen LogP contribution in [0.25, 0.3) is 11.1 Å². The molecule has 0 saturated heterocycles. The second kappa shape index (κ2) is 6.53. The van der Waals surface area contributed by atoms with Crippen molar-refractivity contribution in [2.45, 2.75) is 6.92 Å². The molecule has 4 rings (SSSR count). The first-order valence-electron chi connectivity index (χ1n) is 8.42. The van der Waals surface area contributed by atoms with Gasteiger partial charge >= 0.3 is 5.97 Å². The average Bonchev–Trinajstić information content (AvgIpc) is 2.94. The summed E-state index contributed by atoms with van der Waals surface area (Å²) in [7, 11) is 0. The highest BCUT2D eigenvalue weighted by atomic mass is 16.7. The number of amides is 2. The minimum atomic E-state index is -0.763. The normalized spacial score (nSPS) is 12.9. The van der Waals surface area contributed by atoms with Crippen molar-refractivity contribution in [3.63, 3.8) is 0 Å². The number of fused-ring (bicyclic) bond motifs is 1. The fourth-order valence-electron chi connectivity index (χ4n) is 3.03. The summed E-state index contributed by atoms with van der Waals surface area (Å²) >= 11 is 0. The molecule has 0 saturated carbocycles. The number of imide groups is 1. The zero-order valence-corrected chi connectivity index (χ0v) is 14.5. The Morgan fingerprint density at radius 1 is 0.741 bits per heavy atom. The minimum absolute atomic E-state index is 0.224. The van der Waals surface area contributed by atoms with Gasteiger partial charge in [0, 0.05) is 0 Å². The molecule has 1 aliphatic rings. The Bertz CT molecular complexity index is 1030. The average molecular weight is 357 g/mol. The summed E-state index contributed by atoms with van der Waals surface area (Å²) in [6.45, 7) is 1.98. The van der Waals surface area contributed by atoms with Crippen LogP contribution in [0.15, 0.2) is 72.8 Å². The number of nitrogens with zero attached hydrogens (tertiary/aromatic N) is 1. The number of carbonyl (C=O) groups is 3. The van der Waals surface area contributed by atoms with E-state index < -0.39 is 17.8 Å². The zero-order valence-electron chi connectivity index (χ0n) is 14.5. The second-order valence-corrected chi connectivity index (χ2v) is 6.24. The second-order valence-electron chi connectivity index (χ2n) is 6.24. The van der Waals surface area contributed by atoms with Gasteiger partial charge in [0.25, 0.3) is 11.8 Å². The Balaban J connectivity index is 1.65. The van der Waals surface area contributed by atoms with E-state index in [2.05, 4.69) is 0 Å². The lowest BCUT2D eigenvalue weighted by molar-refractivity contribution is -0.0584. The Labute approximate surface area is 155 Å². The molecule has 3 aromatic carbocycles. The maximum Gasteiger partial charge on any atom is 0.364 e. The molecule has 0 unspecified atom stereocenters. The van der Waals surface area contributed by atoms with E-state index in [4.69, 9.17) is 4.84 Å². The van der Waals surface area contributed by atoms with Crippen molar-refractivity contribution in [2.75, 3.05) is 0 Å². The Morgan fingerprint density at radius 3 is 1.85 bits per heavy atom. The number of rotatable bonds is 3. The van der Waals surface area contributed by atoms with E-state index in [1.54, 1.807) is 30.3 Å². The van der Waals surface area contributed by atoms with Crippen molar-refractivity contribution in [2.24, 2.45) is 0 Å². The summed E-state index contributed by atoms with van der Waals surface area (Å²) in [6.07, 6.45) is 0. The van der Waals surface area contributed by atoms with Crippen LogP contribution in [-0.4, -0.2) is 22.8 Å². The lowest BCUT2D eigenvalue weighted by atomic mass is 9.99. The number of aryl methyl sites for hydroxylation is 1. The first kappa shape index (κ1) is 16.7. The minimum Gasteiger partial charge on any atom is -0.324 e. The monoisotopic (exact) mass is 357 g/mol. The molecule has 0 radical (unpaired) electrons. The van der Waals surface area contributed by atoms with Crippen LogP contribution in [0.4, 0.5) is 0 Å². The van der Waals surface area contributed by atoms with Crippen LogP contribution in [0.5, 0.6) is 0 Å². The van der Waals surface area contributed by atoms with Crippen LogP contribution in [0.3, 0.4) is 0 Å². The van der Waals surface area contributed by atoms with E-state index in [0.717, 1.165) is 11.1 Å². The molecule has 0 atom stereocenters. The van der Waals surface area contributed by atoms with Gasteiger partial charge in [0.2, 0.25) is 0 Å². The van der Waals surface area contributed by atoms with Gasteiger partial charge in [0.1, 0.15) is 0 Å². The number of carbonyl (C=O) groups excluding carboxylic acids is 3. The van der Waals surface area contributed by atoms with E-state index >= 15 is 0 Å². The van der Waals surface area contributed by atoms with Crippen molar-refractivity contribution in [3.8, 4) is 11.1 Å². The number of hydroxylamine groups is 2. The van der Waals surface area contributed by atoms with Gasteiger partial charge in [-0.2, -0.15) is 0 Å². The van der Waals surface area contributed by atoms with Crippen LogP contribution in [-0.2, 0) is 4.84 Å². The zero-order chi connectivity index (χ0) is 19.0. The van der Waals surface area contributed by atoms with Crippen LogP contribution in [0.2, 0.25) is 0 Å². The van der Waals surface area contributed by atoms with Crippen LogP contribution in [0, 0.1) is 6.92 Å². The molecule has 0 aromatic heterocycles. The van der Waals surface area contributed by atoms with Crippen molar-refractivity contribution in [1.29, 1.82) is 0 Å². The highest BCUT2D eigenvalue weighted by Crippen LogP contribution is 2.27. The Hall–Kier alpha value is -3.73. The van der Waals surface area contributed by atoms with E-state index in [-0.39, 0.29) is 16.7 Å². The predicted molar refractivity (Wildman–Crippen MR) is 99.0 cm³/mol. The third kappa shape index (κ3) is 2.89. The van der Waals surface area contributed by atoms with Crippen molar-refractivity contribution >= 4 is 17.8 Å². The third-order valence-corrected chi connectivity index (χ3v) is 4.44. The summed E-state index contributed by atoms with van der Waals surface area (Å²) in [5, 5.41) is 0.527. The summed E-state index contributed by atoms with van der Waals surface area (Å²) in [5.41, 5.74) is 3.33. The predicted octanol–water partition coefficient (Wildman–Crippen LogP) is 4.03. The van der Waals surface area contributed by atoms with Crippen molar-refractivity contribution < 1.29 is 19.2 Å². The lowest BCUT2D eigenvalue weighted by Crippen LogP contribution is -2.32. The fourth-order valence-corrected chi connectivity index (χ4v) is 3.03. The van der Waals surface area contributed by atoms with Gasteiger partial charge in [0.15, 0.2) is 0 Å². The van der Waals surface area contributed by atoms with Gasteiger partial charge in [-0.1, -0.05) is 65.2 Å². The van der Waals surface area contributed by atoms with Crippen LogP contribution in [0.1, 0.15) is 36.6 Å². The van der Waals surface area contributed by atoms with Gasteiger partial charge in [-0.3, -0.25) is 9.59 Å². The van der Waals surface area contributed by atoms with Gasteiger partial charge < -0.3 is 4.84 Å². The van der Waals surface area contributed by atoms with Gasteiger partial charge in [-0.05, 0) is 36.2 Å². The molecule has 0 fully saturated rings. The Kier molecular flexibility index (Phi) is 4.05. The first-order valence-corrected chi connectivity index (χ1v) is 8.42. The van der Waals surface area contributed by atoms with Crippen molar-refractivity contribution in [1.82, 2.24) is 5.06 Å². The molecule has 27 heavy (non-hydrogen) atoms. The fraction of sp³-hybridized carbons (Fsp3) is 0.0455. The van der Waals surface area contributed by atoms with E-state index in [1.165, 1.54) is 12.1 Å². The lowest BCUT2D eigenvalue weighted by Gasteiger charge is -2.14. The molecule has 2 amide bonds. The molecular formula is C22H15NO4. The SMILES string of the molecule is Cc1ccc(-c2ccccc2C(=O)ON2C(=O)c3ccccc3C2=O)cc1. The molecule has 3 aromatic rings. The molecule has 1 aliphatic heterocycles. The maximum absolute atomic E-state index is 12.7. The van der Waals surface area contributed by atoms with Crippen molar-refractivity contribution in [3.05, 3.63) is 95.1 Å². The van der Waals surface area contributed by atoms with Crippen LogP contribution >= 0.6 is 0 Å². The molecule has 5 nitrogen and oxygen atoms in total. The highest BCUT2D eigenvalue weighted by Gasteiger charge is 2.39. The summed E-state index contributed by atoms with van der Waals surface area (Å²) < 4.78 is 0. The van der Waals surface area contributed by atoms with E-state index in [0.29, 0.717) is 10.6 Å². The smallest absolute Gasteiger partial charge is 0.324 e. The largest absolute Gasteiger partial charge is 0.364 e. The topological polar surface area (TPSA) is 63.7 Å². The van der Waals surface area contributed by atoms with E-state index in [1.807, 2.05) is 37.3 Å². The number of hydrogen-bond donors (Lipinski definition) is 0. The quantitative estimate of drug-likeness (QED) is 0.664. The molecule has 0 bridgehead atoms. The van der Waals surface area contributed by atoms with Gasteiger partial charge in [-0.15, -0.1) is 0 Å². The molecule has 0 aliphatic carbocycles. The molecule has 0 N–H and O–H groups in total. The molecule has 132 valence electrons. The van der Waals surface area contributed by atoms with Gasteiger partial charge in [-0.25, -0.2) is 4.79 Å². The molecule has 0 spiro atoms. The van der Waals surface area contributed by atoms with Crippen LogP contribution < -0.4 is 0 Å². The summed E-state index contributed by atoms with van der Waals surface area (Å²) in [4.78, 5) is 42.7. The summed E-state index contributed by atoms with van der Waals surface area (Å²) in [5.74, 6) is -2.05. The van der Waals surface area contributed by atoms with Gasteiger partial charge in [0.05, 0.1) is 16.7 Å². The molecule has 5 heteroatoms. The van der Waals surface area contributed by atoms with E-state index in [9.17, 15) is 14.4 Å². The number of hydrogen-bond acceptors (Lipinski definition) is 4.